The van der Waals surface area contributed by atoms with Gasteiger partial charge in [-0.3, -0.25) is 9.59 Å². The molecule has 0 saturated heterocycles. The van der Waals surface area contributed by atoms with Crippen molar-refractivity contribution in [3.63, 3.8) is 0 Å². The van der Waals surface area contributed by atoms with Crippen LogP contribution in [0, 0.1) is 13.8 Å². The first-order valence-corrected chi connectivity index (χ1v) is 10.3. The molecule has 0 bridgehead atoms. The molecule has 0 unspecified atom stereocenters. The van der Waals surface area contributed by atoms with E-state index < -0.39 is 0 Å². The molecule has 1 amide bonds. The van der Waals surface area contributed by atoms with Crippen molar-refractivity contribution in [1.29, 1.82) is 0 Å². The summed E-state index contributed by atoms with van der Waals surface area (Å²) >= 11 is 8.86. The number of amides is 1. The average Bonchev–Trinajstić information content (AvgIpc) is 2.87. The van der Waals surface area contributed by atoms with Crippen LogP contribution in [-0.4, -0.2) is 21.1 Å². The molecule has 2 heterocycles. The van der Waals surface area contributed by atoms with Gasteiger partial charge in [-0.05, 0) is 44.5 Å². The molecule has 0 aliphatic rings. The molecule has 0 aliphatic heterocycles. The summed E-state index contributed by atoms with van der Waals surface area (Å²) in [6.45, 7) is 5.74. The molecule has 26 heavy (non-hydrogen) atoms. The van der Waals surface area contributed by atoms with Gasteiger partial charge in [0.05, 0.1) is 16.4 Å². The Kier molecular flexibility index (Phi) is 5.70. The Morgan fingerprint density at radius 1 is 1.42 bits per heavy atom. The highest BCUT2D eigenvalue weighted by atomic mass is 35.5. The summed E-state index contributed by atoms with van der Waals surface area (Å²) in [5, 5.41) is 3.76. The maximum atomic E-state index is 12.3. The lowest BCUT2D eigenvalue weighted by atomic mass is 10.2. The molecule has 3 rings (SSSR count). The fourth-order valence-electron chi connectivity index (χ4n) is 2.46. The number of aromatic nitrogens is 2. The minimum atomic E-state index is -0.304. The number of rotatable bonds is 5. The van der Waals surface area contributed by atoms with Crippen LogP contribution in [0.3, 0.4) is 0 Å². The van der Waals surface area contributed by atoms with E-state index in [1.54, 1.807) is 24.3 Å². The third-order valence-electron chi connectivity index (χ3n) is 4.02. The number of halogens is 1. The smallest absolute Gasteiger partial charge is 0.259 e. The van der Waals surface area contributed by atoms with Crippen LogP contribution in [0.5, 0.6) is 0 Å². The van der Waals surface area contributed by atoms with Gasteiger partial charge in [0, 0.05) is 15.6 Å². The fourth-order valence-corrected chi connectivity index (χ4v) is 4.45. The van der Waals surface area contributed by atoms with E-state index in [0.29, 0.717) is 27.7 Å². The van der Waals surface area contributed by atoms with Gasteiger partial charge in [0.15, 0.2) is 0 Å². The number of aromatic amines is 1. The lowest BCUT2D eigenvalue weighted by Crippen LogP contribution is -2.23. The van der Waals surface area contributed by atoms with Crippen molar-refractivity contribution in [3.05, 3.63) is 55.9 Å². The number of nitrogens with zero attached hydrogens (tertiary/aromatic N) is 1. The molecule has 0 spiro atoms. The first-order chi connectivity index (χ1) is 12.3. The number of fused-ring (bicyclic) bond motifs is 1. The minimum Gasteiger partial charge on any atom is -0.325 e. The largest absolute Gasteiger partial charge is 0.325 e. The molecule has 0 aliphatic carbocycles. The molecule has 5 nitrogen and oxygen atoms in total. The Morgan fingerprint density at radius 3 is 2.92 bits per heavy atom. The van der Waals surface area contributed by atoms with Crippen molar-refractivity contribution in [2.75, 3.05) is 5.32 Å². The van der Waals surface area contributed by atoms with Crippen LogP contribution in [0.1, 0.15) is 23.2 Å². The summed E-state index contributed by atoms with van der Waals surface area (Å²) in [4.78, 5) is 33.8. The molecule has 0 radical (unpaired) electrons. The Balaban J connectivity index is 1.67. The summed E-state index contributed by atoms with van der Waals surface area (Å²) in [5.41, 5.74) is 1.52. The molecule has 1 aromatic carbocycles. The van der Waals surface area contributed by atoms with Gasteiger partial charge in [-0.15, -0.1) is 23.1 Å². The molecule has 136 valence electrons. The highest BCUT2D eigenvalue weighted by Crippen LogP contribution is 2.26. The summed E-state index contributed by atoms with van der Waals surface area (Å²) in [6, 6.07) is 7.02. The van der Waals surface area contributed by atoms with E-state index in [0.717, 1.165) is 15.3 Å². The van der Waals surface area contributed by atoms with E-state index in [2.05, 4.69) is 15.3 Å². The van der Waals surface area contributed by atoms with Crippen LogP contribution in [0.15, 0.2) is 29.1 Å². The Bertz CT molecular complexity index is 1030. The number of H-pyrrole nitrogens is 1. The van der Waals surface area contributed by atoms with Crippen LogP contribution in [-0.2, 0) is 10.5 Å². The number of benzene rings is 1. The number of carbonyl (C=O) groups is 1. The normalized spacial score (nSPS) is 12.3. The van der Waals surface area contributed by atoms with Crippen LogP contribution >= 0.6 is 34.7 Å². The third kappa shape index (κ3) is 4.11. The molecule has 0 fully saturated rings. The molecular weight excluding hydrogens is 390 g/mol. The minimum absolute atomic E-state index is 0.122. The van der Waals surface area contributed by atoms with Crippen LogP contribution < -0.4 is 10.9 Å². The Hall–Kier alpha value is -1.83. The Morgan fingerprint density at radius 2 is 2.19 bits per heavy atom. The van der Waals surface area contributed by atoms with Crippen LogP contribution in [0.4, 0.5) is 5.69 Å². The van der Waals surface area contributed by atoms with Crippen LogP contribution in [0.2, 0.25) is 5.02 Å². The lowest BCUT2D eigenvalue weighted by Gasteiger charge is -2.12. The van der Waals surface area contributed by atoms with E-state index in [9.17, 15) is 9.59 Å². The number of hydrogen-bond donors (Lipinski definition) is 2. The second-order valence-electron chi connectivity index (χ2n) is 5.93. The highest BCUT2D eigenvalue weighted by Gasteiger charge is 2.16. The van der Waals surface area contributed by atoms with E-state index in [1.807, 2.05) is 20.8 Å². The van der Waals surface area contributed by atoms with Gasteiger partial charge in [-0.2, -0.15) is 0 Å². The van der Waals surface area contributed by atoms with E-state index in [4.69, 9.17) is 11.6 Å². The molecule has 2 aromatic heterocycles. The van der Waals surface area contributed by atoms with Crippen LogP contribution in [0.25, 0.3) is 10.2 Å². The number of nitrogens with one attached hydrogen (secondary N) is 2. The number of aryl methyl sites for hydroxylation is 2. The van der Waals surface area contributed by atoms with Gasteiger partial charge < -0.3 is 10.3 Å². The van der Waals surface area contributed by atoms with Crippen molar-refractivity contribution in [2.24, 2.45) is 0 Å². The zero-order chi connectivity index (χ0) is 18.8. The quantitative estimate of drug-likeness (QED) is 0.652. The monoisotopic (exact) mass is 407 g/mol. The van der Waals surface area contributed by atoms with Gasteiger partial charge in [-0.25, -0.2) is 4.98 Å². The highest BCUT2D eigenvalue weighted by molar-refractivity contribution is 7.99. The van der Waals surface area contributed by atoms with Gasteiger partial charge in [0.25, 0.3) is 5.56 Å². The van der Waals surface area contributed by atoms with Crippen molar-refractivity contribution < 1.29 is 4.79 Å². The predicted octanol–water partition coefficient (Wildman–Crippen LogP) is 4.52. The first-order valence-electron chi connectivity index (χ1n) is 8.02. The summed E-state index contributed by atoms with van der Waals surface area (Å²) in [5.74, 6) is 0.908. The molecule has 3 aromatic rings. The fraction of sp³-hybridized carbons (Fsp3) is 0.278. The number of carbonyl (C=O) groups excluding carboxylic acids is 1. The summed E-state index contributed by atoms with van der Waals surface area (Å²) < 4.78 is 0. The number of anilines is 1. The lowest BCUT2D eigenvalue weighted by molar-refractivity contribution is -0.115. The molecule has 0 saturated carbocycles. The number of thiophene rings is 1. The number of hydrogen-bond acceptors (Lipinski definition) is 5. The first kappa shape index (κ1) is 18.9. The maximum absolute atomic E-state index is 12.3. The Labute approximate surface area is 164 Å². The summed E-state index contributed by atoms with van der Waals surface area (Å²) in [6.07, 6.45) is 0. The maximum Gasteiger partial charge on any atom is 0.259 e. The number of thioether (sulfide) groups is 1. The molecule has 1 atom stereocenters. The second kappa shape index (κ2) is 7.82. The molecule has 2 N–H and O–H groups in total. The predicted molar refractivity (Wildman–Crippen MR) is 111 cm³/mol. The van der Waals surface area contributed by atoms with Gasteiger partial charge in [0.2, 0.25) is 5.91 Å². The standard InChI is InChI=1S/C18H18ClN3O2S2/c1-9-10(2)26-18-15(9)17(24)21-14(22-18)8-25-11(3)16(23)20-13-6-4-5-12(19)7-13/h4-7,11H,8H2,1-3H3,(H,20,23)(H,21,22,24)/t11-/m1/s1. The van der Waals surface area contributed by atoms with Crippen molar-refractivity contribution in [1.82, 2.24) is 9.97 Å². The van der Waals surface area contributed by atoms with E-state index in [1.165, 1.54) is 23.1 Å². The topological polar surface area (TPSA) is 74.8 Å². The van der Waals surface area contributed by atoms with Crippen molar-refractivity contribution in [2.45, 2.75) is 31.8 Å². The zero-order valence-electron chi connectivity index (χ0n) is 14.6. The van der Waals surface area contributed by atoms with E-state index >= 15 is 0 Å². The van der Waals surface area contributed by atoms with Gasteiger partial charge in [-0.1, -0.05) is 17.7 Å². The SMILES string of the molecule is Cc1sc2nc(CS[C@H](C)C(=O)Nc3cccc(Cl)c3)[nH]c(=O)c2c1C. The third-order valence-corrected chi connectivity index (χ3v) is 6.51. The van der Waals surface area contributed by atoms with Gasteiger partial charge >= 0.3 is 0 Å². The molecular formula is C18H18ClN3O2S2. The van der Waals surface area contributed by atoms with Crippen molar-refractivity contribution >= 4 is 56.5 Å². The van der Waals surface area contributed by atoms with Gasteiger partial charge in [0.1, 0.15) is 10.7 Å². The van der Waals surface area contributed by atoms with Crippen molar-refractivity contribution in [3.8, 4) is 0 Å². The summed E-state index contributed by atoms with van der Waals surface area (Å²) in [7, 11) is 0. The zero-order valence-corrected chi connectivity index (χ0v) is 16.9. The average molecular weight is 408 g/mol. The van der Waals surface area contributed by atoms with E-state index in [-0.39, 0.29) is 16.7 Å². The molecule has 8 heteroatoms. The second-order valence-corrected chi connectivity index (χ2v) is 8.90.